The zero-order chi connectivity index (χ0) is 14.7. The van der Waals surface area contributed by atoms with Gasteiger partial charge in [-0.1, -0.05) is 41.6 Å². The summed E-state index contributed by atoms with van der Waals surface area (Å²) in [5.74, 6) is 0.866. The summed E-state index contributed by atoms with van der Waals surface area (Å²) in [4.78, 5) is 1.20. The van der Waals surface area contributed by atoms with Gasteiger partial charge in [0.2, 0.25) is 0 Å². The highest BCUT2D eigenvalue weighted by Gasteiger charge is 2.19. The van der Waals surface area contributed by atoms with Crippen LogP contribution >= 0.6 is 11.8 Å². The van der Waals surface area contributed by atoms with E-state index in [4.69, 9.17) is 4.28 Å². The molecule has 0 unspecified atom stereocenters. The number of nitrogens with zero attached hydrogens (tertiary/aromatic N) is 1. The molecule has 21 heavy (non-hydrogen) atoms. The molecule has 3 rings (SSSR count). The molecule has 0 fully saturated rings. The molecule has 0 N–H and O–H groups in total. The van der Waals surface area contributed by atoms with Crippen molar-refractivity contribution < 1.29 is 12.7 Å². The molecule has 0 aromatic heterocycles. The number of hydrogen-bond donors (Lipinski definition) is 0. The van der Waals surface area contributed by atoms with Crippen molar-refractivity contribution in [2.45, 2.75) is 16.2 Å². The van der Waals surface area contributed by atoms with Gasteiger partial charge in [-0.15, -0.1) is 11.8 Å². The zero-order valence-corrected chi connectivity index (χ0v) is 12.7. The van der Waals surface area contributed by atoms with Crippen molar-refractivity contribution >= 4 is 27.6 Å². The summed E-state index contributed by atoms with van der Waals surface area (Å²) in [5, 5.41) is 3.89. The lowest BCUT2D eigenvalue weighted by Crippen LogP contribution is -2.12. The van der Waals surface area contributed by atoms with Crippen molar-refractivity contribution in [1.29, 1.82) is 0 Å². The SMILES string of the molecule is O=S(=O)(ON=C1CCSc2ccccc21)c1ccccc1. The fraction of sp³-hybridized carbons (Fsp3) is 0.133. The number of hydrogen-bond acceptors (Lipinski definition) is 5. The topological polar surface area (TPSA) is 55.7 Å². The molecule has 0 amide bonds. The standard InChI is InChI=1S/C15H13NO3S2/c17-21(18,12-6-2-1-3-7-12)19-16-14-10-11-20-15-9-5-4-8-13(14)15/h1-9H,10-11H2. The average Bonchev–Trinajstić information content (AvgIpc) is 2.54. The molecule has 6 heteroatoms. The minimum atomic E-state index is -3.86. The predicted octanol–water partition coefficient (Wildman–Crippen LogP) is 3.29. The maximum Gasteiger partial charge on any atom is 0.358 e. The van der Waals surface area contributed by atoms with Gasteiger partial charge < -0.3 is 0 Å². The van der Waals surface area contributed by atoms with Crippen molar-refractivity contribution in [2.24, 2.45) is 5.16 Å². The largest absolute Gasteiger partial charge is 0.358 e. The Labute approximate surface area is 127 Å². The molecule has 0 aliphatic carbocycles. The Balaban J connectivity index is 1.88. The van der Waals surface area contributed by atoms with Crippen molar-refractivity contribution in [1.82, 2.24) is 0 Å². The monoisotopic (exact) mass is 319 g/mol. The minimum absolute atomic E-state index is 0.104. The molecular weight excluding hydrogens is 306 g/mol. The lowest BCUT2D eigenvalue weighted by atomic mass is 10.1. The third-order valence-corrected chi connectivity index (χ3v) is 5.27. The van der Waals surface area contributed by atoms with E-state index in [1.165, 1.54) is 12.1 Å². The van der Waals surface area contributed by atoms with Crippen LogP contribution in [0.2, 0.25) is 0 Å². The number of oxime groups is 1. The van der Waals surface area contributed by atoms with Crippen LogP contribution in [0.5, 0.6) is 0 Å². The Morgan fingerprint density at radius 3 is 2.52 bits per heavy atom. The molecule has 1 aliphatic heterocycles. The van der Waals surface area contributed by atoms with Gasteiger partial charge in [-0.2, -0.15) is 8.42 Å². The van der Waals surface area contributed by atoms with Crippen LogP contribution in [0.3, 0.4) is 0 Å². The van der Waals surface area contributed by atoms with E-state index in [2.05, 4.69) is 5.16 Å². The van der Waals surface area contributed by atoms with Crippen LogP contribution < -0.4 is 0 Å². The van der Waals surface area contributed by atoms with E-state index in [9.17, 15) is 8.42 Å². The Morgan fingerprint density at radius 1 is 1.00 bits per heavy atom. The molecule has 0 bridgehead atoms. The number of rotatable bonds is 3. The van der Waals surface area contributed by atoms with Crippen LogP contribution in [0.4, 0.5) is 0 Å². The molecule has 4 nitrogen and oxygen atoms in total. The molecule has 108 valence electrons. The summed E-state index contributed by atoms with van der Waals surface area (Å²) < 4.78 is 29.0. The third kappa shape index (κ3) is 3.11. The summed E-state index contributed by atoms with van der Waals surface area (Å²) in [6, 6.07) is 15.8. The maximum absolute atomic E-state index is 12.1. The van der Waals surface area contributed by atoms with E-state index in [1.54, 1.807) is 30.0 Å². The molecule has 1 heterocycles. The van der Waals surface area contributed by atoms with E-state index < -0.39 is 10.1 Å². The first-order valence-electron chi connectivity index (χ1n) is 6.44. The van der Waals surface area contributed by atoms with E-state index in [1.807, 2.05) is 24.3 Å². The molecule has 0 saturated heterocycles. The average molecular weight is 319 g/mol. The summed E-state index contributed by atoms with van der Waals surface area (Å²) >= 11 is 1.74. The van der Waals surface area contributed by atoms with Gasteiger partial charge >= 0.3 is 10.1 Å². The van der Waals surface area contributed by atoms with Crippen LogP contribution in [0.1, 0.15) is 12.0 Å². The lowest BCUT2D eigenvalue weighted by molar-refractivity contribution is 0.338. The van der Waals surface area contributed by atoms with Crippen molar-refractivity contribution in [3.8, 4) is 0 Å². The first kappa shape index (κ1) is 14.2. The van der Waals surface area contributed by atoms with E-state index >= 15 is 0 Å². The molecular formula is C15H13NO3S2. The van der Waals surface area contributed by atoms with Gasteiger partial charge in [0, 0.05) is 22.6 Å². The van der Waals surface area contributed by atoms with Crippen molar-refractivity contribution in [3.05, 3.63) is 60.2 Å². The van der Waals surface area contributed by atoms with Crippen LogP contribution in [-0.2, 0) is 14.4 Å². The smallest absolute Gasteiger partial charge is 0.264 e. The summed E-state index contributed by atoms with van der Waals surface area (Å²) in [6.45, 7) is 0. The summed E-state index contributed by atoms with van der Waals surface area (Å²) in [6.07, 6.45) is 0.686. The van der Waals surface area contributed by atoms with Gasteiger partial charge in [0.1, 0.15) is 4.90 Å². The Bertz CT molecular complexity index is 771. The van der Waals surface area contributed by atoms with Gasteiger partial charge in [-0.05, 0) is 18.2 Å². The van der Waals surface area contributed by atoms with E-state index in [0.29, 0.717) is 12.1 Å². The fourth-order valence-corrected chi connectivity index (χ4v) is 3.84. The second-order valence-electron chi connectivity index (χ2n) is 4.47. The Kier molecular flexibility index (Phi) is 3.98. The number of benzene rings is 2. The first-order chi connectivity index (χ1) is 10.2. The summed E-state index contributed by atoms with van der Waals surface area (Å²) in [7, 11) is -3.86. The predicted molar refractivity (Wildman–Crippen MR) is 83.0 cm³/mol. The van der Waals surface area contributed by atoms with Gasteiger partial charge in [0.15, 0.2) is 0 Å². The second-order valence-corrected chi connectivity index (χ2v) is 7.14. The minimum Gasteiger partial charge on any atom is -0.264 e. The maximum atomic E-state index is 12.1. The highest BCUT2D eigenvalue weighted by molar-refractivity contribution is 7.99. The van der Waals surface area contributed by atoms with Gasteiger partial charge in [0.25, 0.3) is 0 Å². The lowest BCUT2D eigenvalue weighted by Gasteiger charge is -2.16. The second kappa shape index (κ2) is 5.91. The first-order valence-corrected chi connectivity index (χ1v) is 8.84. The molecule has 1 aliphatic rings. The van der Waals surface area contributed by atoms with Gasteiger partial charge in [0.05, 0.1) is 5.71 Å². The van der Waals surface area contributed by atoms with Crippen LogP contribution in [0, 0.1) is 0 Å². The van der Waals surface area contributed by atoms with Gasteiger partial charge in [-0.25, -0.2) is 0 Å². The molecule has 0 spiro atoms. The summed E-state index contributed by atoms with van der Waals surface area (Å²) in [5.41, 5.74) is 1.61. The Hall–Kier alpha value is -1.79. The normalized spacial score (nSPS) is 16.5. The van der Waals surface area contributed by atoms with Gasteiger partial charge in [-0.3, -0.25) is 4.28 Å². The Morgan fingerprint density at radius 2 is 1.71 bits per heavy atom. The molecule has 0 radical (unpaired) electrons. The van der Waals surface area contributed by atoms with Crippen molar-refractivity contribution in [3.63, 3.8) is 0 Å². The molecule has 2 aromatic carbocycles. The zero-order valence-electron chi connectivity index (χ0n) is 11.1. The van der Waals surface area contributed by atoms with Crippen molar-refractivity contribution in [2.75, 3.05) is 5.75 Å². The van der Waals surface area contributed by atoms with Crippen LogP contribution in [-0.4, -0.2) is 19.9 Å². The number of fused-ring (bicyclic) bond motifs is 1. The van der Waals surface area contributed by atoms with Crippen LogP contribution in [0.25, 0.3) is 0 Å². The fourth-order valence-electron chi connectivity index (χ4n) is 2.04. The molecule has 0 atom stereocenters. The van der Waals surface area contributed by atoms with E-state index in [-0.39, 0.29) is 4.90 Å². The highest BCUT2D eigenvalue weighted by atomic mass is 32.2. The molecule has 2 aromatic rings. The highest BCUT2D eigenvalue weighted by Crippen LogP contribution is 2.30. The quantitative estimate of drug-likeness (QED) is 0.815. The van der Waals surface area contributed by atoms with Crippen LogP contribution in [0.15, 0.2) is 69.5 Å². The third-order valence-electron chi connectivity index (χ3n) is 3.07. The molecule has 0 saturated carbocycles. The number of thioether (sulfide) groups is 1. The van der Waals surface area contributed by atoms with E-state index in [0.717, 1.165) is 16.2 Å².